The van der Waals surface area contributed by atoms with E-state index in [1.165, 1.54) is 17.1 Å². The van der Waals surface area contributed by atoms with Crippen molar-refractivity contribution in [2.24, 2.45) is 5.73 Å². The average molecular weight is 275 g/mol. The largest absolute Gasteiger partial charge is 0.508 e. The minimum absolute atomic E-state index is 0.136. The number of aromatic nitrogens is 2. The highest BCUT2D eigenvalue weighted by Crippen LogP contribution is 2.16. The summed E-state index contributed by atoms with van der Waals surface area (Å²) in [5, 5.41) is 19.3. The molecule has 4 N–H and O–H groups in total. The summed E-state index contributed by atoms with van der Waals surface area (Å²) >= 11 is 0. The molecule has 1 unspecified atom stereocenters. The van der Waals surface area contributed by atoms with Crippen LogP contribution in [0, 0.1) is 0 Å². The Morgan fingerprint density at radius 2 is 2.25 bits per heavy atom. The van der Waals surface area contributed by atoms with Crippen molar-refractivity contribution in [3.05, 3.63) is 48.0 Å². The number of phenols is 1. The Kier molecular flexibility index (Phi) is 4.37. The smallest absolute Gasteiger partial charge is 0.268 e. The number of carbonyl (C=O) groups is 1. The molecule has 6 nitrogen and oxygen atoms in total. The van der Waals surface area contributed by atoms with E-state index in [-0.39, 0.29) is 11.4 Å². The molecule has 1 atom stereocenters. The first-order valence-electron chi connectivity index (χ1n) is 6.35. The molecular formula is C14H17N3O3. The van der Waals surface area contributed by atoms with Gasteiger partial charge in [0.05, 0.1) is 6.33 Å². The molecule has 0 fully saturated rings. The van der Waals surface area contributed by atoms with Crippen molar-refractivity contribution >= 4 is 5.91 Å². The van der Waals surface area contributed by atoms with Crippen LogP contribution >= 0.6 is 0 Å². The number of hydrogen-bond donors (Lipinski definition) is 3. The standard InChI is InChI=1S/C14H17N3O3/c15-14(20)12-8-17(9-16-12)13(19)6-2-4-10-3-1-5-11(18)7-10/h1,3,5,7-9,13,18-19H,2,4,6H2,(H2,15,20). The topological polar surface area (TPSA) is 101 Å². The molecule has 1 heterocycles. The molecule has 0 bridgehead atoms. The predicted octanol–water partition coefficient (Wildman–Crippen LogP) is 1.20. The van der Waals surface area contributed by atoms with E-state index in [4.69, 9.17) is 5.73 Å². The van der Waals surface area contributed by atoms with E-state index in [1.54, 1.807) is 18.2 Å². The Bertz CT molecular complexity index is 595. The summed E-state index contributed by atoms with van der Waals surface area (Å²) in [6, 6.07) is 7.04. The van der Waals surface area contributed by atoms with Crippen molar-refractivity contribution in [2.75, 3.05) is 0 Å². The lowest BCUT2D eigenvalue weighted by Gasteiger charge is -2.11. The Morgan fingerprint density at radius 3 is 2.90 bits per heavy atom. The van der Waals surface area contributed by atoms with E-state index < -0.39 is 12.1 Å². The predicted molar refractivity (Wildman–Crippen MR) is 73.0 cm³/mol. The average Bonchev–Trinajstić information content (AvgIpc) is 2.88. The third-order valence-electron chi connectivity index (χ3n) is 3.04. The van der Waals surface area contributed by atoms with Crippen molar-refractivity contribution < 1.29 is 15.0 Å². The van der Waals surface area contributed by atoms with Crippen molar-refractivity contribution in [1.82, 2.24) is 9.55 Å². The fourth-order valence-corrected chi connectivity index (χ4v) is 1.98. The van der Waals surface area contributed by atoms with Crippen molar-refractivity contribution in [1.29, 1.82) is 0 Å². The molecule has 1 aromatic carbocycles. The zero-order valence-corrected chi connectivity index (χ0v) is 10.9. The number of primary amides is 1. The Morgan fingerprint density at radius 1 is 1.45 bits per heavy atom. The molecular weight excluding hydrogens is 258 g/mol. The fraction of sp³-hybridized carbons (Fsp3) is 0.286. The molecule has 1 aromatic heterocycles. The van der Waals surface area contributed by atoms with Crippen molar-refractivity contribution in [3.63, 3.8) is 0 Å². The number of rotatable bonds is 6. The van der Waals surface area contributed by atoms with Gasteiger partial charge in [0, 0.05) is 6.20 Å². The molecule has 0 spiro atoms. The number of aryl methyl sites for hydroxylation is 1. The van der Waals surface area contributed by atoms with E-state index in [9.17, 15) is 15.0 Å². The van der Waals surface area contributed by atoms with Gasteiger partial charge in [0.25, 0.3) is 5.91 Å². The van der Waals surface area contributed by atoms with Crippen LogP contribution in [0.3, 0.4) is 0 Å². The minimum atomic E-state index is -0.743. The first-order valence-corrected chi connectivity index (χ1v) is 6.35. The van der Waals surface area contributed by atoms with Gasteiger partial charge in [0.15, 0.2) is 0 Å². The molecule has 0 radical (unpaired) electrons. The Balaban J connectivity index is 1.85. The maximum atomic E-state index is 10.9. The van der Waals surface area contributed by atoms with Crippen LogP contribution in [0.15, 0.2) is 36.8 Å². The van der Waals surface area contributed by atoms with Gasteiger partial charge in [-0.3, -0.25) is 4.79 Å². The number of imidazole rings is 1. The summed E-state index contributed by atoms with van der Waals surface area (Å²) in [5.74, 6) is -0.375. The van der Waals surface area contributed by atoms with Crippen LogP contribution in [-0.4, -0.2) is 25.7 Å². The molecule has 0 saturated heterocycles. The normalized spacial score (nSPS) is 12.2. The van der Waals surface area contributed by atoms with Crippen LogP contribution in [0.25, 0.3) is 0 Å². The number of amides is 1. The summed E-state index contributed by atoms with van der Waals surface area (Å²) in [6.45, 7) is 0. The van der Waals surface area contributed by atoms with Crippen molar-refractivity contribution in [3.8, 4) is 5.75 Å². The fourth-order valence-electron chi connectivity index (χ4n) is 1.98. The van der Waals surface area contributed by atoms with Crippen LogP contribution < -0.4 is 5.73 Å². The zero-order valence-electron chi connectivity index (χ0n) is 10.9. The SMILES string of the molecule is NC(=O)c1cn(C(O)CCCc2cccc(O)c2)cn1. The quantitative estimate of drug-likeness (QED) is 0.737. The highest BCUT2D eigenvalue weighted by Gasteiger charge is 2.10. The second-order valence-electron chi connectivity index (χ2n) is 4.61. The molecule has 0 aliphatic heterocycles. The summed E-state index contributed by atoms with van der Waals surface area (Å²) in [4.78, 5) is 14.7. The van der Waals surface area contributed by atoms with Gasteiger partial charge in [-0.25, -0.2) is 4.98 Å². The van der Waals surface area contributed by atoms with Crippen LogP contribution in [0.4, 0.5) is 0 Å². The summed E-state index contributed by atoms with van der Waals surface area (Å²) in [5.41, 5.74) is 6.25. The van der Waals surface area contributed by atoms with Gasteiger partial charge >= 0.3 is 0 Å². The van der Waals surface area contributed by atoms with E-state index in [1.807, 2.05) is 6.07 Å². The van der Waals surface area contributed by atoms with E-state index >= 15 is 0 Å². The van der Waals surface area contributed by atoms with E-state index in [2.05, 4.69) is 4.98 Å². The molecule has 6 heteroatoms. The van der Waals surface area contributed by atoms with E-state index in [0.29, 0.717) is 6.42 Å². The van der Waals surface area contributed by atoms with Gasteiger partial charge in [-0.05, 0) is 37.0 Å². The second kappa shape index (κ2) is 6.21. The molecule has 2 aromatic rings. The molecule has 0 aliphatic carbocycles. The number of nitrogens with two attached hydrogens (primary N) is 1. The van der Waals surface area contributed by atoms with Crippen LogP contribution in [0.5, 0.6) is 5.75 Å². The maximum absolute atomic E-state index is 10.9. The molecule has 1 amide bonds. The number of aliphatic hydroxyl groups is 1. The lowest BCUT2D eigenvalue weighted by molar-refractivity contribution is 0.0918. The van der Waals surface area contributed by atoms with Crippen LogP contribution in [0.1, 0.15) is 35.1 Å². The first-order chi connectivity index (χ1) is 9.56. The molecule has 20 heavy (non-hydrogen) atoms. The number of carbonyl (C=O) groups excluding carboxylic acids is 1. The highest BCUT2D eigenvalue weighted by atomic mass is 16.3. The molecule has 0 saturated carbocycles. The highest BCUT2D eigenvalue weighted by molar-refractivity contribution is 5.90. The third kappa shape index (κ3) is 3.58. The van der Waals surface area contributed by atoms with E-state index in [0.717, 1.165) is 18.4 Å². The van der Waals surface area contributed by atoms with Gasteiger partial charge in [0.2, 0.25) is 0 Å². The monoisotopic (exact) mass is 275 g/mol. The van der Waals surface area contributed by atoms with Gasteiger partial charge in [-0.2, -0.15) is 0 Å². The number of hydrogen-bond acceptors (Lipinski definition) is 4. The second-order valence-corrected chi connectivity index (χ2v) is 4.61. The molecule has 2 rings (SSSR count). The van der Waals surface area contributed by atoms with Gasteiger partial charge in [-0.15, -0.1) is 0 Å². The van der Waals surface area contributed by atoms with Gasteiger partial charge < -0.3 is 20.5 Å². The summed E-state index contributed by atoms with van der Waals surface area (Å²) < 4.78 is 1.46. The molecule has 0 aliphatic rings. The number of aromatic hydroxyl groups is 1. The molecule has 106 valence electrons. The lowest BCUT2D eigenvalue weighted by atomic mass is 10.1. The third-order valence-corrected chi connectivity index (χ3v) is 3.04. The van der Waals surface area contributed by atoms with Crippen LogP contribution in [-0.2, 0) is 6.42 Å². The Hall–Kier alpha value is -2.34. The lowest BCUT2D eigenvalue weighted by Crippen LogP contribution is -2.11. The zero-order chi connectivity index (χ0) is 14.5. The van der Waals surface area contributed by atoms with Gasteiger partial charge in [0.1, 0.15) is 17.7 Å². The first kappa shape index (κ1) is 14.1. The number of phenolic OH excluding ortho intramolecular Hbond substituents is 1. The van der Waals surface area contributed by atoms with Crippen LogP contribution in [0.2, 0.25) is 0 Å². The number of benzene rings is 1. The number of aliphatic hydroxyl groups excluding tert-OH is 1. The Labute approximate surface area is 116 Å². The summed E-state index contributed by atoms with van der Waals surface area (Å²) in [6.07, 6.45) is 4.09. The number of nitrogens with zero attached hydrogens (tertiary/aromatic N) is 2. The van der Waals surface area contributed by atoms with Gasteiger partial charge in [-0.1, -0.05) is 12.1 Å². The maximum Gasteiger partial charge on any atom is 0.268 e. The minimum Gasteiger partial charge on any atom is -0.508 e. The van der Waals surface area contributed by atoms with Crippen molar-refractivity contribution in [2.45, 2.75) is 25.5 Å². The summed E-state index contributed by atoms with van der Waals surface area (Å²) in [7, 11) is 0.